The number of aromatic nitrogens is 1. The molecule has 2 amide bonds. The van der Waals surface area contributed by atoms with E-state index in [2.05, 4.69) is 4.98 Å². The number of pyridine rings is 1. The van der Waals surface area contributed by atoms with Gasteiger partial charge in [0.05, 0.1) is 28.5 Å². The Kier molecular flexibility index (Phi) is 7.71. The molecule has 0 bridgehead atoms. The van der Waals surface area contributed by atoms with E-state index >= 15 is 0 Å². The maximum absolute atomic E-state index is 12.8. The highest BCUT2D eigenvalue weighted by atomic mass is 35.5. The number of imide groups is 1. The van der Waals surface area contributed by atoms with Crippen molar-refractivity contribution in [2.24, 2.45) is 0 Å². The number of carbonyl (C=O) groups excluding carboxylic acids is 2. The molecule has 1 aromatic heterocycles. The molecular weight excluding hydrogens is 510 g/mol. The molecule has 36 heavy (non-hydrogen) atoms. The maximum Gasteiger partial charge on any atom is 0.331 e. The van der Waals surface area contributed by atoms with Gasteiger partial charge in [0.25, 0.3) is 17.0 Å². The van der Waals surface area contributed by atoms with E-state index in [1.54, 1.807) is 42.5 Å². The number of hydrogen-bond acceptors (Lipinski definition) is 9. The Balaban J connectivity index is 1.46. The van der Waals surface area contributed by atoms with Crippen molar-refractivity contribution in [3.8, 4) is 23.1 Å². The topological polar surface area (TPSA) is 121 Å². The van der Waals surface area contributed by atoms with Crippen molar-refractivity contribution in [2.45, 2.75) is 0 Å². The third-order valence-electron chi connectivity index (χ3n) is 4.92. The number of halogens is 1. The summed E-state index contributed by atoms with van der Waals surface area (Å²) >= 11 is 6.87. The van der Waals surface area contributed by atoms with Gasteiger partial charge >= 0.3 is 5.69 Å². The van der Waals surface area contributed by atoms with Crippen LogP contribution in [-0.4, -0.2) is 46.2 Å². The molecule has 0 atom stereocenters. The number of benzene rings is 2. The smallest absolute Gasteiger partial charge is 0.331 e. The summed E-state index contributed by atoms with van der Waals surface area (Å²) in [6, 6.07) is 14.4. The minimum atomic E-state index is -0.598. The number of thioether (sulfide) groups is 1. The number of ether oxygens (including phenoxy) is 3. The molecule has 0 unspecified atom stereocenters. The van der Waals surface area contributed by atoms with E-state index in [1.807, 2.05) is 0 Å². The SMILES string of the molecule is COc1cc(/C=C2\SC(=O)N(CCOc3ccccc3Cl)C2=O)ccc1Oc1ncccc1[N+](=O)[O-]. The average Bonchev–Trinajstić information content (AvgIpc) is 3.13. The first-order chi connectivity index (χ1) is 17.4. The molecule has 1 saturated heterocycles. The van der Waals surface area contributed by atoms with Crippen LogP contribution in [0.4, 0.5) is 10.5 Å². The number of nitrogens with zero attached hydrogens (tertiary/aromatic N) is 3. The predicted molar refractivity (Wildman–Crippen MR) is 134 cm³/mol. The van der Waals surface area contributed by atoms with Crippen molar-refractivity contribution in [1.82, 2.24) is 9.88 Å². The van der Waals surface area contributed by atoms with Crippen LogP contribution in [0, 0.1) is 10.1 Å². The van der Waals surface area contributed by atoms with Gasteiger partial charge in [-0.2, -0.15) is 0 Å². The molecule has 1 fully saturated rings. The van der Waals surface area contributed by atoms with Crippen LogP contribution in [0.25, 0.3) is 6.08 Å². The second-order valence-electron chi connectivity index (χ2n) is 7.21. The zero-order valence-electron chi connectivity index (χ0n) is 18.8. The Morgan fingerprint density at radius 3 is 2.67 bits per heavy atom. The molecule has 1 aliphatic heterocycles. The van der Waals surface area contributed by atoms with Crippen LogP contribution >= 0.6 is 23.4 Å². The number of carbonyl (C=O) groups is 2. The van der Waals surface area contributed by atoms with E-state index in [0.717, 1.165) is 16.7 Å². The molecule has 12 heteroatoms. The number of amides is 2. The first kappa shape index (κ1) is 25.0. The van der Waals surface area contributed by atoms with Crippen molar-refractivity contribution in [3.63, 3.8) is 0 Å². The van der Waals surface area contributed by atoms with Crippen LogP contribution in [0.2, 0.25) is 5.02 Å². The molecule has 2 aromatic carbocycles. The van der Waals surface area contributed by atoms with Gasteiger partial charge in [-0.25, -0.2) is 4.98 Å². The third-order valence-corrected chi connectivity index (χ3v) is 6.14. The number of hydrogen-bond donors (Lipinski definition) is 0. The fourth-order valence-corrected chi connectivity index (χ4v) is 4.27. The molecule has 184 valence electrons. The van der Waals surface area contributed by atoms with Crippen LogP contribution in [0.15, 0.2) is 65.7 Å². The molecule has 0 saturated carbocycles. The first-order valence-electron chi connectivity index (χ1n) is 10.5. The monoisotopic (exact) mass is 527 g/mol. The summed E-state index contributed by atoms with van der Waals surface area (Å²) in [5.74, 6) is 0.286. The van der Waals surface area contributed by atoms with E-state index in [1.165, 1.54) is 31.5 Å². The molecule has 0 aliphatic carbocycles. The summed E-state index contributed by atoms with van der Waals surface area (Å²) in [5, 5.41) is 11.2. The lowest BCUT2D eigenvalue weighted by molar-refractivity contribution is -0.386. The second kappa shape index (κ2) is 11.1. The Morgan fingerprint density at radius 2 is 1.92 bits per heavy atom. The van der Waals surface area contributed by atoms with Crippen molar-refractivity contribution >= 4 is 46.3 Å². The van der Waals surface area contributed by atoms with Crippen LogP contribution in [0.3, 0.4) is 0 Å². The highest BCUT2D eigenvalue weighted by Crippen LogP contribution is 2.37. The molecule has 0 spiro atoms. The average molecular weight is 528 g/mol. The van der Waals surface area contributed by atoms with E-state index in [0.29, 0.717) is 16.3 Å². The summed E-state index contributed by atoms with van der Waals surface area (Å²) in [6.07, 6.45) is 2.92. The molecule has 4 rings (SSSR count). The number of para-hydroxylation sites is 1. The molecule has 0 N–H and O–H groups in total. The second-order valence-corrected chi connectivity index (χ2v) is 8.61. The van der Waals surface area contributed by atoms with Gasteiger partial charge in [0.1, 0.15) is 12.4 Å². The summed E-state index contributed by atoms with van der Waals surface area (Å²) in [7, 11) is 1.41. The van der Waals surface area contributed by atoms with E-state index in [-0.39, 0.29) is 41.1 Å². The minimum absolute atomic E-state index is 0.0617. The lowest BCUT2D eigenvalue weighted by Gasteiger charge is -2.13. The molecule has 2 heterocycles. The maximum atomic E-state index is 12.8. The number of methoxy groups -OCH3 is 1. The zero-order chi connectivity index (χ0) is 25.7. The lowest BCUT2D eigenvalue weighted by atomic mass is 10.2. The van der Waals surface area contributed by atoms with Gasteiger partial charge in [0.2, 0.25) is 0 Å². The summed E-state index contributed by atoms with van der Waals surface area (Å²) < 4.78 is 16.5. The Morgan fingerprint density at radius 1 is 1.11 bits per heavy atom. The standard InChI is InChI=1S/C24H18ClN3O7S/c1-33-20-13-15(8-9-19(20)35-22-17(28(31)32)6-4-10-26-22)14-21-23(29)27(24(30)36-21)11-12-34-18-7-3-2-5-16(18)25/h2-10,13-14H,11-12H2,1H3/b21-14-. The largest absolute Gasteiger partial charge is 0.493 e. The lowest BCUT2D eigenvalue weighted by Crippen LogP contribution is -2.32. The highest BCUT2D eigenvalue weighted by Gasteiger charge is 2.35. The fraction of sp³-hybridized carbons (Fsp3) is 0.125. The minimum Gasteiger partial charge on any atom is -0.493 e. The van der Waals surface area contributed by atoms with Gasteiger partial charge in [0.15, 0.2) is 11.5 Å². The number of rotatable bonds is 9. The van der Waals surface area contributed by atoms with Crippen molar-refractivity contribution in [2.75, 3.05) is 20.3 Å². The zero-order valence-corrected chi connectivity index (χ0v) is 20.3. The Bertz CT molecular complexity index is 1370. The Labute approximate surface area is 214 Å². The van der Waals surface area contributed by atoms with Crippen LogP contribution in [0.5, 0.6) is 23.1 Å². The van der Waals surface area contributed by atoms with Gasteiger partial charge in [-0.05, 0) is 53.7 Å². The molecule has 1 aliphatic rings. The summed E-state index contributed by atoms with van der Waals surface area (Å²) in [4.78, 5) is 41.1. The summed E-state index contributed by atoms with van der Waals surface area (Å²) in [5.41, 5.74) is 0.267. The quantitative estimate of drug-likeness (QED) is 0.200. The first-order valence-corrected chi connectivity index (χ1v) is 11.6. The molecule has 3 aromatic rings. The molecule has 0 radical (unpaired) electrons. The van der Waals surface area contributed by atoms with E-state index < -0.39 is 16.1 Å². The molecule has 10 nitrogen and oxygen atoms in total. The predicted octanol–water partition coefficient (Wildman–Crippen LogP) is 5.56. The van der Waals surface area contributed by atoms with Crippen LogP contribution in [-0.2, 0) is 4.79 Å². The normalized spacial score (nSPS) is 14.3. The van der Waals surface area contributed by atoms with Gasteiger partial charge in [-0.15, -0.1) is 0 Å². The van der Waals surface area contributed by atoms with Gasteiger partial charge < -0.3 is 14.2 Å². The van der Waals surface area contributed by atoms with Crippen molar-refractivity contribution in [3.05, 3.63) is 86.4 Å². The van der Waals surface area contributed by atoms with Gasteiger partial charge in [0, 0.05) is 12.3 Å². The summed E-state index contributed by atoms with van der Waals surface area (Å²) in [6.45, 7) is 0.154. The Hall–Kier alpha value is -4.09. The highest BCUT2D eigenvalue weighted by molar-refractivity contribution is 8.18. The van der Waals surface area contributed by atoms with Crippen molar-refractivity contribution < 1.29 is 28.7 Å². The fourth-order valence-electron chi connectivity index (χ4n) is 3.22. The van der Waals surface area contributed by atoms with Crippen molar-refractivity contribution in [1.29, 1.82) is 0 Å². The van der Waals surface area contributed by atoms with E-state index in [4.69, 9.17) is 25.8 Å². The third kappa shape index (κ3) is 5.58. The van der Waals surface area contributed by atoms with Crippen LogP contribution < -0.4 is 14.2 Å². The van der Waals surface area contributed by atoms with Gasteiger partial charge in [-0.3, -0.25) is 24.6 Å². The number of nitro groups is 1. The van der Waals surface area contributed by atoms with Gasteiger partial charge in [-0.1, -0.05) is 29.8 Å². The van der Waals surface area contributed by atoms with Crippen LogP contribution in [0.1, 0.15) is 5.56 Å². The van der Waals surface area contributed by atoms with E-state index in [9.17, 15) is 19.7 Å². The molecular formula is C24H18ClN3O7S.